The molecule has 1 atom stereocenters. The molecule has 72 valence electrons. The molecule has 1 fully saturated rings. The van der Waals surface area contributed by atoms with Crippen molar-refractivity contribution in [1.29, 1.82) is 0 Å². The van der Waals surface area contributed by atoms with Gasteiger partial charge < -0.3 is 9.47 Å². The van der Waals surface area contributed by atoms with Crippen LogP contribution in [0.4, 0.5) is 0 Å². The zero-order valence-electron chi connectivity index (χ0n) is 7.34. The topological polar surface area (TPSA) is 56.5 Å². The van der Waals surface area contributed by atoms with E-state index >= 15 is 0 Å². The van der Waals surface area contributed by atoms with Gasteiger partial charge in [0.2, 0.25) is 0 Å². The highest BCUT2D eigenvalue weighted by atomic mass is 32.2. The molecule has 12 heavy (non-hydrogen) atoms. The van der Waals surface area contributed by atoms with Gasteiger partial charge in [-0.1, -0.05) is 6.92 Å². The van der Waals surface area contributed by atoms with Crippen molar-refractivity contribution >= 4 is 11.9 Å². The van der Waals surface area contributed by atoms with Crippen LogP contribution in [0.5, 0.6) is 0 Å². The lowest BCUT2D eigenvalue weighted by Crippen LogP contribution is -2.24. The minimum absolute atomic E-state index is 0.217. The SMILES string of the molecule is CC1(COCSNN)CCOC1. The lowest BCUT2D eigenvalue weighted by molar-refractivity contribution is 0.0675. The molecule has 0 aromatic rings. The third-order valence-electron chi connectivity index (χ3n) is 1.98. The van der Waals surface area contributed by atoms with Gasteiger partial charge in [-0.15, -0.1) is 0 Å². The van der Waals surface area contributed by atoms with Crippen molar-refractivity contribution in [2.24, 2.45) is 11.3 Å². The van der Waals surface area contributed by atoms with Gasteiger partial charge in [-0.25, -0.2) is 4.83 Å². The van der Waals surface area contributed by atoms with E-state index in [-0.39, 0.29) is 5.41 Å². The van der Waals surface area contributed by atoms with Crippen LogP contribution in [0.15, 0.2) is 0 Å². The maximum absolute atomic E-state index is 5.40. The third-order valence-corrected chi connectivity index (χ3v) is 2.43. The van der Waals surface area contributed by atoms with Crippen LogP contribution >= 0.6 is 11.9 Å². The molecule has 3 N–H and O–H groups in total. The molecule has 0 aliphatic carbocycles. The fraction of sp³-hybridized carbons (Fsp3) is 1.00. The van der Waals surface area contributed by atoms with Crippen LogP contribution in [0.3, 0.4) is 0 Å². The summed E-state index contributed by atoms with van der Waals surface area (Å²) in [7, 11) is 0. The highest BCUT2D eigenvalue weighted by Crippen LogP contribution is 2.27. The number of hydrogen-bond acceptors (Lipinski definition) is 5. The molecule has 1 saturated heterocycles. The molecule has 1 aliphatic rings. The maximum atomic E-state index is 5.40. The Bertz CT molecular complexity index is 129. The summed E-state index contributed by atoms with van der Waals surface area (Å²) >= 11 is 1.35. The van der Waals surface area contributed by atoms with E-state index in [1.165, 1.54) is 11.9 Å². The van der Waals surface area contributed by atoms with Crippen LogP contribution in [0.25, 0.3) is 0 Å². The third kappa shape index (κ3) is 3.28. The molecule has 0 aromatic heterocycles. The molecular formula is C7H16N2O2S. The normalized spacial score (nSPS) is 29.5. The van der Waals surface area contributed by atoms with Gasteiger partial charge >= 0.3 is 0 Å². The minimum atomic E-state index is 0.217. The first-order valence-electron chi connectivity index (χ1n) is 4.00. The van der Waals surface area contributed by atoms with Gasteiger partial charge in [-0.2, -0.15) is 0 Å². The van der Waals surface area contributed by atoms with E-state index in [0.29, 0.717) is 5.94 Å². The predicted octanol–water partition coefficient (Wildman–Crippen LogP) is 0.499. The number of rotatable bonds is 5. The summed E-state index contributed by atoms with van der Waals surface area (Å²) < 4.78 is 10.7. The van der Waals surface area contributed by atoms with Crippen LogP contribution in [0.2, 0.25) is 0 Å². The van der Waals surface area contributed by atoms with Crippen LogP contribution in [0.1, 0.15) is 13.3 Å². The van der Waals surface area contributed by atoms with Crippen LogP contribution in [-0.4, -0.2) is 25.8 Å². The van der Waals surface area contributed by atoms with Gasteiger partial charge in [0.25, 0.3) is 0 Å². The van der Waals surface area contributed by atoms with E-state index in [2.05, 4.69) is 11.8 Å². The Morgan fingerprint density at radius 2 is 2.58 bits per heavy atom. The Morgan fingerprint density at radius 3 is 3.17 bits per heavy atom. The standard InChI is InChI=1S/C7H16N2O2S/c1-7(2-3-10-4-7)5-11-6-12-9-8/h9H,2-6,8H2,1H3. The minimum Gasteiger partial charge on any atom is -0.381 e. The van der Waals surface area contributed by atoms with Crippen molar-refractivity contribution in [2.75, 3.05) is 25.8 Å². The van der Waals surface area contributed by atoms with Crippen molar-refractivity contribution in [1.82, 2.24) is 4.83 Å². The van der Waals surface area contributed by atoms with Crippen LogP contribution in [-0.2, 0) is 9.47 Å². The highest BCUT2D eigenvalue weighted by molar-refractivity contribution is 7.97. The second-order valence-electron chi connectivity index (χ2n) is 3.34. The number of nitrogens with two attached hydrogens (primary N) is 1. The second-order valence-corrected chi connectivity index (χ2v) is 4.10. The molecule has 5 heteroatoms. The summed E-state index contributed by atoms with van der Waals surface area (Å²) in [5, 5.41) is 0. The molecule has 0 amide bonds. The summed E-state index contributed by atoms with van der Waals surface area (Å²) in [6.07, 6.45) is 1.09. The molecule has 0 spiro atoms. The number of hydrazine groups is 1. The first-order valence-corrected chi connectivity index (χ1v) is 4.98. The zero-order valence-corrected chi connectivity index (χ0v) is 8.15. The fourth-order valence-corrected chi connectivity index (χ4v) is 1.42. The van der Waals surface area contributed by atoms with Gasteiger partial charge in [-0.3, -0.25) is 5.84 Å². The summed E-state index contributed by atoms with van der Waals surface area (Å²) in [5.41, 5.74) is 0.217. The first-order chi connectivity index (χ1) is 5.77. The van der Waals surface area contributed by atoms with E-state index in [9.17, 15) is 0 Å². The number of ether oxygens (including phenoxy) is 2. The summed E-state index contributed by atoms with van der Waals surface area (Å²) in [6.45, 7) is 4.61. The number of hydrogen-bond donors (Lipinski definition) is 2. The molecule has 1 unspecified atom stereocenters. The predicted molar refractivity (Wildman–Crippen MR) is 49.3 cm³/mol. The van der Waals surface area contributed by atoms with E-state index in [1.807, 2.05) is 0 Å². The van der Waals surface area contributed by atoms with Gasteiger partial charge in [-0.05, 0) is 18.4 Å². The monoisotopic (exact) mass is 192 g/mol. The van der Waals surface area contributed by atoms with Crippen molar-refractivity contribution < 1.29 is 9.47 Å². The fourth-order valence-electron chi connectivity index (χ4n) is 1.19. The summed E-state index contributed by atoms with van der Waals surface area (Å²) in [5.74, 6) is 5.65. The van der Waals surface area contributed by atoms with Gasteiger partial charge in [0.15, 0.2) is 0 Å². The van der Waals surface area contributed by atoms with E-state index in [1.54, 1.807) is 0 Å². The smallest absolute Gasteiger partial charge is 0.107 e. The lowest BCUT2D eigenvalue weighted by Gasteiger charge is -2.20. The molecule has 1 rings (SSSR count). The lowest BCUT2D eigenvalue weighted by atomic mass is 9.91. The molecule has 1 aliphatic heterocycles. The van der Waals surface area contributed by atoms with Crippen molar-refractivity contribution in [3.05, 3.63) is 0 Å². The van der Waals surface area contributed by atoms with E-state index < -0.39 is 0 Å². The Morgan fingerprint density at radius 1 is 1.75 bits per heavy atom. The van der Waals surface area contributed by atoms with E-state index in [4.69, 9.17) is 15.3 Å². The molecule has 0 bridgehead atoms. The Labute approximate surface area is 77.3 Å². The number of nitrogens with one attached hydrogen (secondary N) is 1. The first kappa shape index (κ1) is 10.3. The van der Waals surface area contributed by atoms with Gasteiger partial charge in [0.05, 0.1) is 13.2 Å². The van der Waals surface area contributed by atoms with Crippen LogP contribution in [0, 0.1) is 5.41 Å². The zero-order chi connectivity index (χ0) is 8.86. The second kappa shape index (κ2) is 5.04. The van der Waals surface area contributed by atoms with Crippen molar-refractivity contribution in [3.63, 3.8) is 0 Å². The van der Waals surface area contributed by atoms with Gasteiger partial charge in [0.1, 0.15) is 5.94 Å². The van der Waals surface area contributed by atoms with Crippen molar-refractivity contribution in [2.45, 2.75) is 13.3 Å². The Balaban J connectivity index is 2.05. The molecule has 0 radical (unpaired) electrons. The Kier molecular flexibility index (Phi) is 4.31. The molecule has 1 heterocycles. The average Bonchev–Trinajstić information content (AvgIpc) is 2.47. The average molecular weight is 192 g/mol. The molecule has 0 saturated carbocycles. The largest absolute Gasteiger partial charge is 0.381 e. The molecule has 4 nitrogen and oxygen atoms in total. The maximum Gasteiger partial charge on any atom is 0.107 e. The molecular weight excluding hydrogens is 176 g/mol. The Hall–Kier alpha value is 0.190. The van der Waals surface area contributed by atoms with Crippen LogP contribution < -0.4 is 10.7 Å². The van der Waals surface area contributed by atoms with E-state index in [0.717, 1.165) is 26.2 Å². The van der Waals surface area contributed by atoms with Gasteiger partial charge in [0, 0.05) is 12.0 Å². The van der Waals surface area contributed by atoms with Crippen molar-refractivity contribution in [3.8, 4) is 0 Å². The summed E-state index contributed by atoms with van der Waals surface area (Å²) in [4.78, 5) is 2.47. The highest BCUT2D eigenvalue weighted by Gasteiger charge is 2.29. The molecule has 0 aromatic carbocycles. The summed E-state index contributed by atoms with van der Waals surface area (Å²) in [6, 6.07) is 0. The quantitative estimate of drug-likeness (QED) is 0.218.